The second kappa shape index (κ2) is 17.9. The minimum absolute atomic E-state index is 0.0527. The lowest BCUT2D eigenvalue weighted by molar-refractivity contribution is -0.179. The molecule has 2 N–H and O–H groups in total. The number of thiazole rings is 1. The van der Waals surface area contributed by atoms with E-state index < -0.39 is 81.1 Å². The molecule has 0 aliphatic carbocycles. The van der Waals surface area contributed by atoms with Crippen LogP contribution in [0, 0.1) is 0 Å². The van der Waals surface area contributed by atoms with Crippen molar-refractivity contribution in [2.45, 2.75) is 89.7 Å². The largest absolute Gasteiger partial charge is 0.614 e. The second-order valence-corrected chi connectivity index (χ2v) is 19.5. The highest BCUT2D eigenvalue weighted by atomic mass is 127. The number of oxime groups is 1. The number of ether oxygens (including phenoxy) is 3. The van der Waals surface area contributed by atoms with Crippen LogP contribution < -0.4 is 10.6 Å². The number of hydrogen-bond donors (Lipinski definition) is 2. The molecule has 3 atom stereocenters. The van der Waals surface area contributed by atoms with Gasteiger partial charge in [-0.3, -0.25) is 19.8 Å². The fourth-order valence-electron chi connectivity index (χ4n) is 5.58. The van der Waals surface area contributed by atoms with Crippen LogP contribution in [0.4, 0.5) is 9.93 Å². The van der Waals surface area contributed by atoms with Gasteiger partial charge in [-0.15, -0.1) is 0 Å². The number of alkyl halides is 1. The smallest absolute Gasteiger partial charge is 0.413 e. The Hall–Kier alpha value is -4.24. The van der Waals surface area contributed by atoms with Gasteiger partial charge in [0.25, 0.3) is 11.8 Å². The summed E-state index contributed by atoms with van der Waals surface area (Å²) in [6.45, 7) is 12.8. The van der Waals surface area contributed by atoms with Gasteiger partial charge in [0.1, 0.15) is 32.7 Å². The molecule has 2 aliphatic rings. The van der Waals surface area contributed by atoms with Crippen molar-refractivity contribution in [2.75, 3.05) is 15.5 Å². The highest BCUT2D eigenvalue weighted by molar-refractivity contribution is 14.1. The van der Waals surface area contributed by atoms with E-state index in [0.29, 0.717) is 16.7 Å². The summed E-state index contributed by atoms with van der Waals surface area (Å²) in [6.07, 6.45) is -1.67. The number of hydrogen-bond acceptors (Lipinski definition) is 13. The van der Waals surface area contributed by atoms with E-state index in [9.17, 15) is 28.5 Å². The van der Waals surface area contributed by atoms with Crippen molar-refractivity contribution in [1.29, 1.82) is 0 Å². The number of anilines is 1. The van der Waals surface area contributed by atoms with Crippen molar-refractivity contribution in [1.82, 2.24) is 15.2 Å². The van der Waals surface area contributed by atoms with Crippen LogP contribution in [0.2, 0.25) is 4.34 Å². The number of rotatable bonds is 12. The summed E-state index contributed by atoms with van der Waals surface area (Å²) in [5.74, 6) is -3.46. The van der Waals surface area contributed by atoms with E-state index >= 15 is 0 Å². The molecule has 19 heteroatoms. The third kappa shape index (κ3) is 10.7. The van der Waals surface area contributed by atoms with Gasteiger partial charge in [-0.25, -0.2) is 19.4 Å². The monoisotopic (exact) mass is 967 g/mol. The summed E-state index contributed by atoms with van der Waals surface area (Å²) in [7, 11) is 0. The average Bonchev–Trinajstić information content (AvgIpc) is 3.49. The predicted octanol–water partition coefficient (Wildman–Crippen LogP) is 6.42. The molecule has 0 spiro atoms. The first-order valence-electron chi connectivity index (χ1n) is 17.9. The number of nitrogens with zero attached hydrogens (tertiary/aromatic N) is 3. The van der Waals surface area contributed by atoms with Gasteiger partial charge in [0.2, 0.25) is 11.0 Å². The lowest BCUT2D eigenvalue weighted by atomic mass is 10.0. The van der Waals surface area contributed by atoms with Crippen LogP contribution in [0.3, 0.4) is 0 Å². The van der Waals surface area contributed by atoms with Crippen molar-refractivity contribution in [3.63, 3.8) is 0 Å². The summed E-state index contributed by atoms with van der Waals surface area (Å²) in [4.78, 5) is 78.7. The van der Waals surface area contributed by atoms with Gasteiger partial charge < -0.3 is 28.9 Å². The van der Waals surface area contributed by atoms with E-state index in [1.807, 2.05) is 83.3 Å². The number of fused-ring (bicyclic) bond motifs is 1. The van der Waals surface area contributed by atoms with Crippen LogP contribution in [0.1, 0.15) is 78.3 Å². The molecule has 0 radical (unpaired) electrons. The van der Waals surface area contributed by atoms with E-state index in [-0.39, 0.29) is 31.0 Å². The highest BCUT2D eigenvalue weighted by Gasteiger charge is 2.61. The Labute approximate surface area is 361 Å². The molecule has 0 unspecified atom stereocenters. The molecule has 2 aliphatic heterocycles. The van der Waals surface area contributed by atoms with Gasteiger partial charge in [-0.2, -0.15) is 0 Å². The van der Waals surface area contributed by atoms with Crippen molar-refractivity contribution in [3.8, 4) is 0 Å². The summed E-state index contributed by atoms with van der Waals surface area (Å²) in [6, 6.07) is 16.8. The van der Waals surface area contributed by atoms with Gasteiger partial charge in [0, 0.05) is 10.0 Å². The Morgan fingerprint density at radius 1 is 0.983 bits per heavy atom. The number of carbonyl (C=O) groups is 5. The van der Waals surface area contributed by atoms with Crippen LogP contribution in [-0.4, -0.2) is 88.4 Å². The zero-order chi connectivity index (χ0) is 42.7. The van der Waals surface area contributed by atoms with Gasteiger partial charge in [-0.05, 0) is 77.7 Å². The quantitative estimate of drug-likeness (QED) is 0.0297. The van der Waals surface area contributed by atoms with Crippen molar-refractivity contribution in [3.05, 3.63) is 93.1 Å². The third-order valence-corrected chi connectivity index (χ3v) is 11.9. The van der Waals surface area contributed by atoms with Gasteiger partial charge >= 0.3 is 18.0 Å². The minimum atomic E-state index is -1.77. The lowest BCUT2D eigenvalue weighted by Gasteiger charge is -2.49. The molecule has 15 nitrogen and oxygen atoms in total. The average molecular weight is 968 g/mol. The van der Waals surface area contributed by atoms with E-state index in [1.54, 1.807) is 41.5 Å². The van der Waals surface area contributed by atoms with Crippen LogP contribution in [0.5, 0.6) is 0 Å². The van der Waals surface area contributed by atoms with Gasteiger partial charge in [-0.1, -0.05) is 111 Å². The van der Waals surface area contributed by atoms with Crippen LogP contribution in [-0.2, 0) is 49.4 Å². The highest BCUT2D eigenvalue weighted by Crippen LogP contribution is 2.39. The predicted molar refractivity (Wildman–Crippen MR) is 227 cm³/mol. The second-order valence-electron chi connectivity index (χ2n) is 15.6. The molecule has 58 heavy (non-hydrogen) atoms. The van der Waals surface area contributed by atoms with E-state index in [4.69, 9.17) is 30.6 Å². The topological polar surface area (TPSA) is 198 Å². The molecule has 3 heterocycles. The maximum Gasteiger partial charge on any atom is 0.413 e. The van der Waals surface area contributed by atoms with Gasteiger partial charge in [0.05, 0.1) is 0 Å². The Balaban J connectivity index is 1.44. The molecule has 0 saturated carbocycles. The summed E-state index contributed by atoms with van der Waals surface area (Å²) >= 11 is 7.58. The maximum absolute atomic E-state index is 14.1. The molecule has 3 amide bonds. The number of β-lactam (4-membered cyclic amide) rings is 1. The first-order valence-corrected chi connectivity index (χ1v) is 22.0. The molecule has 5 rings (SSSR count). The number of esters is 2. The fraction of sp³-hybridized carbons (Fsp3) is 0.410. The molecule has 3 aromatic rings. The number of aromatic nitrogens is 1. The van der Waals surface area contributed by atoms with E-state index in [2.05, 4.69) is 20.8 Å². The molecule has 0 bridgehead atoms. The summed E-state index contributed by atoms with van der Waals surface area (Å²) in [5.41, 5.74) is -2.52. The Morgan fingerprint density at radius 2 is 1.55 bits per heavy atom. The van der Waals surface area contributed by atoms with E-state index in [0.717, 1.165) is 16.2 Å². The zero-order valence-electron chi connectivity index (χ0n) is 32.9. The Morgan fingerprint density at radius 3 is 2.09 bits per heavy atom. The number of halogens is 2. The van der Waals surface area contributed by atoms with E-state index in [1.165, 1.54) is 13.8 Å². The molecule has 2 aromatic carbocycles. The number of amides is 3. The molecule has 1 fully saturated rings. The molecule has 310 valence electrons. The third-order valence-electron chi connectivity index (χ3n) is 8.16. The van der Waals surface area contributed by atoms with Crippen molar-refractivity contribution >= 4 is 97.4 Å². The maximum atomic E-state index is 14.1. The number of benzene rings is 2. The lowest BCUT2D eigenvalue weighted by Crippen LogP contribution is -2.75. The molecule has 1 aromatic heterocycles. The van der Waals surface area contributed by atoms with Crippen LogP contribution >= 0.6 is 45.5 Å². The Bertz CT molecular complexity index is 2080. The normalized spacial score (nSPS) is 18.6. The minimum Gasteiger partial charge on any atom is -0.614 e. The molecular formula is C39H43ClIN5O10S2. The Kier molecular flexibility index (Phi) is 13.9. The molecule has 1 saturated heterocycles. The number of nitrogens with one attached hydrogen (secondary N) is 2. The van der Waals surface area contributed by atoms with Crippen LogP contribution in [0.25, 0.3) is 0 Å². The fourth-order valence-corrected chi connectivity index (χ4v) is 9.30. The standard InChI is InChI=1S/C39H43ClIN5O10S2/c1-37(2,3)54-34(50)39(7,8)56-45-25(24-29(40)57-35(43-24)44-36(51)55-38(4,5)6)30(47)42-26-31(48)46-27(23(19-41)20-58(52)32(26)46)33(49)53-28(21-15-11-9-12-16-21)22-17-13-10-14-18-22/h9-18,26,28,32H,19-20H2,1-8H3,(H,42,47)(H,43,44,51)/b45-25-/t26-,32-,58-/m1/s1. The summed E-state index contributed by atoms with van der Waals surface area (Å²) in [5, 5.41) is 7.77. The SMILES string of the molecule is CC(C)(C)OC(=O)Nc1nc(/C(=N/OC(C)(C)C(=O)OC(C)(C)C)C(=O)N[C@@H]2C(=O)N3C(C(=O)OC(c4ccccc4)c4ccccc4)=C(CI)C[S@@+]([O-])[C@H]23)c(Cl)s1. The van der Waals surface area contributed by atoms with Crippen LogP contribution in [0.15, 0.2) is 77.1 Å². The summed E-state index contributed by atoms with van der Waals surface area (Å²) < 4.78 is 30.7. The number of carbonyl (C=O) groups excluding carboxylic acids is 5. The van der Waals surface area contributed by atoms with Gasteiger partial charge in [0.15, 0.2) is 23.0 Å². The first-order chi connectivity index (χ1) is 27.1. The zero-order valence-corrected chi connectivity index (χ0v) is 37.5. The van der Waals surface area contributed by atoms with Crippen molar-refractivity contribution in [2.24, 2.45) is 5.16 Å². The first kappa shape index (κ1) is 44.9. The molecular weight excluding hydrogens is 925 g/mol. The van der Waals surface area contributed by atoms with Crippen molar-refractivity contribution < 1.29 is 47.6 Å².